The molecule has 2 heterocycles. The third-order valence-corrected chi connectivity index (χ3v) is 4.28. The van der Waals surface area contributed by atoms with E-state index in [-0.39, 0.29) is 0 Å². The van der Waals surface area contributed by atoms with Crippen LogP contribution in [-0.2, 0) is 6.54 Å². The molecule has 1 aliphatic heterocycles. The highest BCUT2D eigenvalue weighted by molar-refractivity contribution is 5.00. The molecule has 0 bridgehead atoms. The van der Waals surface area contributed by atoms with Crippen molar-refractivity contribution in [3.05, 3.63) is 18.0 Å². The van der Waals surface area contributed by atoms with Crippen LogP contribution in [0.4, 0.5) is 0 Å². The fraction of sp³-hybridized carbons (Fsp3) is 0.800. The van der Waals surface area contributed by atoms with Crippen LogP contribution in [0.1, 0.15) is 51.8 Å². The molecule has 1 unspecified atom stereocenters. The summed E-state index contributed by atoms with van der Waals surface area (Å²) in [6, 6.07) is 3.38. The lowest BCUT2D eigenvalue weighted by Crippen LogP contribution is -2.33. The lowest BCUT2D eigenvalue weighted by molar-refractivity contribution is 0.208. The predicted molar refractivity (Wildman–Crippen MR) is 79.2 cm³/mol. The average Bonchev–Trinajstić information content (AvgIpc) is 2.77. The second-order valence-electron chi connectivity index (χ2n) is 5.62. The third kappa shape index (κ3) is 3.80. The van der Waals surface area contributed by atoms with Gasteiger partial charge in [-0.2, -0.15) is 5.10 Å². The molecule has 1 atom stereocenters. The average molecular weight is 264 g/mol. The lowest BCUT2D eigenvalue weighted by atomic mass is 10.2. The van der Waals surface area contributed by atoms with E-state index >= 15 is 0 Å². The molecule has 0 saturated carbocycles. The summed E-state index contributed by atoms with van der Waals surface area (Å²) < 4.78 is 2.15. The van der Waals surface area contributed by atoms with Gasteiger partial charge in [-0.25, -0.2) is 0 Å². The Morgan fingerprint density at radius 2 is 2.16 bits per heavy atom. The van der Waals surface area contributed by atoms with E-state index in [1.54, 1.807) is 0 Å². The molecule has 0 radical (unpaired) electrons. The van der Waals surface area contributed by atoms with E-state index in [1.165, 1.54) is 12.1 Å². The summed E-state index contributed by atoms with van der Waals surface area (Å²) in [5.74, 6) is 0. The Morgan fingerprint density at radius 3 is 2.89 bits per heavy atom. The minimum atomic E-state index is 0.553. The molecule has 19 heavy (non-hydrogen) atoms. The summed E-state index contributed by atoms with van der Waals surface area (Å²) in [6.45, 7) is 11.1. The molecule has 4 nitrogen and oxygen atoms in total. The molecule has 0 aliphatic carbocycles. The van der Waals surface area contributed by atoms with Crippen molar-refractivity contribution in [2.24, 2.45) is 0 Å². The molecule has 0 aromatic carbocycles. The molecule has 1 fully saturated rings. The van der Waals surface area contributed by atoms with E-state index in [2.05, 4.69) is 47.9 Å². The largest absolute Gasteiger partial charge is 0.315 e. The summed E-state index contributed by atoms with van der Waals surface area (Å²) in [7, 11) is 0. The fourth-order valence-electron chi connectivity index (χ4n) is 2.83. The van der Waals surface area contributed by atoms with Crippen LogP contribution in [0, 0.1) is 0 Å². The molecule has 2 rings (SSSR count). The van der Waals surface area contributed by atoms with E-state index in [9.17, 15) is 0 Å². The Morgan fingerprint density at radius 1 is 1.37 bits per heavy atom. The van der Waals surface area contributed by atoms with Crippen LogP contribution in [0.3, 0.4) is 0 Å². The fourth-order valence-corrected chi connectivity index (χ4v) is 2.83. The van der Waals surface area contributed by atoms with Gasteiger partial charge in [0, 0.05) is 31.9 Å². The maximum absolute atomic E-state index is 4.77. The number of hydrogen-bond donors (Lipinski definition) is 1. The summed E-state index contributed by atoms with van der Waals surface area (Å²) in [5.41, 5.74) is 1.21. The van der Waals surface area contributed by atoms with E-state index in [0.29, 0.717) is 12.1 Å². The van der Waals surface area contributed by atoms with Crippen LogP contribution >= 0.6 is 0 Å². The maximum atomic E-state index is 4.77. The molecule has 1 aromatic heterocycles. The SMILES string of the molecule is CCC(CC)n1ccc(CN2CCNCCC2C)n1. The normalized spacial score (nSPS) is 21.8. The summed E-state index contributed by atoms with van der Waals surface area (Å²) >= 11 is 0. The highest BCUT2D eigenvalue weighted by Gasteiger charge is 2.18. The van der Waals surface area contributed by atoms with Gasteiger partial charge < -0.3 is 5.32 Å². The third-order valence-electron chi connectivity index (χ3n) is 4.28. The van der Waals surface area contributed by atoms with Crippen molar-refractivity contribution in [2.75, 3.05) is 19.6 Å². The Labute approximate surface area is 117 Å². The monoisotopic (exact) mass is 264 g/mol. The summed E-state index contributed by atoms with van der Waals surface area (Å²) in [5, 5.41) is 8.23. The van der Waals surface area contributed by atoms with Gasteiger partial charge >= 0.3 is 0 Å². The molecule has 0 spiro atoms. The van der Waals surface area contributed by atoms with Gasteiger partial charge in [-0.3, -0.25) is 9.58 Å². The van der Waals surface area contributed by atoms with Crippen molar-refractivity contribution in [3.63, 3.8) is 0 Å². The molecule has 1 aliphatic rings. The van der Waals surface area contributed by atoms with E-state index in [0.717, 1.165) is 39.0 Å². The van der Waals surface area contributed by atoms with Gasteiger partial charge in [-0.15, -0.1) is 0 Å². The van der Waals surface area contributed by atoms with E-state index < -0.39 is 0 Å². The quantitative estimate of drug-likeness (QED) is 0.886. The number of nitrogens with one attached hydrogen (secondary N) is 1. The van der Waals surface area contributed by atoms with Crippen LogP contribution in [-0.4, -0.2) is 40.4 Å². The van der Waals surface area contributed by atoms with E-state index in [4.69, 9.17) is 5.10 Å². The predicted octanol–water partition coefficient (Wildman–Crippen LogP) is 2.43. The Bertz CT molecular complexity index is 370. The first-order chi connectivity index (χ1) is 9.24. The van der Waals surface area contributed by atoms with Gasteiger partial charge in [0.15, 0.2) is 0 Å². The van der Waals surface area contributed by atoms with Crippen LogP contribution in [0.15, 0.2) is 12.3 Å². The van der Waals surface area contributed by atoms with Gasteiger partial charge in [0.2, 0.25) is 0 Å². The van der Waals surface area contributed by atoms with Crippen LogP contribution < -0.4 is 5.32 Å². The zero-order chi connectivity index (χ0) is 13.7. The number of rotatable bonds is 5. The second kappa shape index (κ2) is 7.06. The Kier molecular flexibility index (Phi) is 5.40. The standard InChI is InChI=1S/C15H28N4/c1-4-15(5-2)19-10-7-14(17-19)12-18-11-9-16-8-6-13(18)3/h7,10,13,15-16H,4-6,8-9,11-12H2,1-3H3. The van der Waals surface area contributed by atoms with Crippen molar-refractivity contribution < 1.29 is 0 Å². The first kappa shape index (κ1) is 14.5. The molecule has 1 N–H and O–H groups in total. The molecule has 1 saturated heterocycles. The highest BCUT2D eigenvalue weighted by atomic mass is 15.3. The maximum Gasteiger partial charge on any atom is 0.0765 e. The highest BCUT2D eigenvalue weighted by Crippen LogP contribution is 2.16. The van der Waals surface area contributed by atoms with Crippen LogP contribution in [0.5, 0.6) is 0 Å². The molecule has 1 aromatic rings. The van der Waals surface area contributed by atoms with Gasteiger partial charge in [0.25, 0.3) is 0 Å². The van der Waals surface area contributed by atoms with Crippen LogP contribution in [0.25, 0.3) is 0 Å². The molecular formula is C15H28N4. The van der Waals surface area contributed by atoms with Gasteiger partial charge in [0.1, 0.15) is 0 Å². The van der Waals surface area contributed by atoms with Crippen molar-refractivity contribution in [1.29, 1.82) is 0 Å². The summed E-state index contributed by atoms with van der Waals surface area (Å²) in [4.78, 5) is 2.54. The zero-order valence-electron chi connectivity index (χ0n) is 12.6. The molecule has 4 heteroatoms. The van der Waals surface area contributed by atoms with Crippen molar-refractivity contribution >= 4 is 0 Å². The summed E-state index contributed by atoms with van der Waals surface area (Å²) in [6.07, 6.45) is 5.68. The van der Waals surface area contributed by atoms with Crippen molar-refractivity contribution in [3.8, 4) is 0 Å². The first-order valence-electron chi connectivity index (χ1n) is 7.73. The zero-order valence-corrected chi connectivity index (χ0v) is 12.6. The smallest absolute Gasteiger partial charge is 0.0765 e. The topological polar surface area (TPSA) is 33.1 Å². The lowest BCUT2D eigenvalue weighted by Gasteiger charge is -2.25. The molecule has 0 amide bonds. The number of aromatic nitrogens is 2. The number of hydrogen-bond acceptors (Lipinski definition) is 3. The Hall–Kier alpha value is -0.870. The van der Waals surface area contributed by atoms with Crippen molar-refractivity contribution in [2.45, 2.75) is 58.7 Å². The second-order valence-corrected chi connectivity index (χ2v) is 5.62. The van der Waals surface area contributed by atoms with E-state index in [1.807, 2.05) is 0 Å². The Balaban J connectivity index is 1.98. The number of nitrogens with zero attached hydrogens (tertiary/aromatic N) is 3. The van der Waals surface area contributed by atoms with Gasteiger partial charge in [0.05, 0.1) is 11.7 Å². The minimum absolute atomic E-state index is 0.553. The minimum Gasteiger partial charge on any atom is -0.315 e. The van der Waals surface area contributed by atoms with Gasteiger partial charge in [-0.05, 0) is 38.8 Å². The van der Waals surface area contributed by atoms with Crippen LogP contribution in [0.2, 0.25) is 0 Å². The van der Waals surface area contributed by atoms with Crippen molar-refractivity contribution in [1.82, 2.24) is 20.0 Å². The molecule has 108 valence electrons. The van der Waals surface area contributed by atoms with Gasteiger partial charge in [-0.1, -0.05) is 13.8 Å². The molecular weight excluding hydrogens is 236 g/mol. The first-order valence-corrected chi connectivity index (χ1v) is 7.73.